The number of rotatable bonds is 7. The molecule has 2 rings (SSSR count). The molecule has 0 bridgehead atoms. The summed E-state index contributed by atoms with van der Waals surface area (Å²) in [5, 5.41) is 12.1. The van der Waals surface area contributed by atoms with Gasteiger partial charge in [-0.15, -0.1) is 10.2 Å². The lowest BCUT2D eigenvalue weighted by molar-refractivity contribution is 0.102. The summed E-state index contributed by atoms with van der Waals surface area (Å²) in [6.07, 6.45) is 2.94. The Morgan fingerprint density at radius 1 is 1.24 bits per heavy atom. The molecule has 0 aliphatic rings. The second kappa shape index (κ2) is 7.73. The number of carbonyl (C=O) groups is 1. The molecule has 1 aromatic heterocycles. The molecule has 1 aromatic carbocycles. The third-order valence-electron chi connectivity index (χ3n) is 2.87. The van der Waals surface area contributed by atoms with Gasteiger partial charge in [0.15, 0.2) is 0 Å². The van der Waals surface area contributed by atoms with Crippen LogP contribution in [0.25, 0.3) is 0 Å². The lowest BCUT2D eigenvalue weighted by atomic mass is 10.2. The van der Waals surface area contributed by atoms with Crippen LogP contribution in [0, 0.1) is 0 Å². The minimum absolute atomic E-state index is 0.186. The molecule has 112 valence electrons. The first-order valence-electron chi connectivity index (χ1n) is 7.09. The Balaban J connectivity index is 1.93. The molecule has 0 spiro atoms. The molecule has 1 amide bonds. The summed E-state index contributed by atoms with van der Waals surface area (Å²) in [4.78, 5) is 12.1. The van der Waals surface area contributed by atoms with E-state index in [0.29, 0.717) is 17.3 Å². The van der Waals surface area contributed by atoms with Crippen molar-refractivity contribution in [1.29, 1.82) is 0 Å². The molecule has 5 nitrogen and oxygen atoms in total. The van der Waals surface area contributed by atoms with Crippen molar-refractivity contribution in [3.05, 3.63) is 34.8 Å². The number of aromatic nitrogens is 2. The van der Waals surface area contributed by atoms with Gasteiger partial charge in [0.05, 0.1) is 6.61 Å². The first-order valence-corrected chi connectivity index (χ1v) is 7.91. The van der Waals surface area contributed by atoms with E-state index in [4.69, 9.17) is 4.74 Å². The van der Waals surface area contributed by atoms with Crippen LogP contribution in [0.15, 0.2) is 24.3 Å². The third-order valence-corrected chi connectivity index (χ3v) is 3.86. The zero-order chi connectivity index (χ0) is 15.1. The van der Waals surface area contributed by atoms with Crippen molar-refractivity contribution in [1.82, 2.24) is 10.2 Å². The molecular weight excluding hydrogens is 286 g/mol. The van der Waals surface area contributed by atoms with Gasteiger partial charge in [0, 0.05) is 5.56 Å². The number of aryl methyl sites for hydroxylation is 1. The minimum atomic E-state index is -0.186. The second-order valence-corrected chi connectivity index (χ2v) is 5.60. The molecule has 2 aromatic rings. The molecule has 1 N–H and O–H groups in total. The quantitative estimate of drug-likeness (QED) is 0.795. The number of anilines is 1. The van der Waals surface area contributed by atoms with Gasteiger partial charge >= 0.3 is 0 Å². The Kier molecular flexibility index (Phi) is 5.68. The number of ether oxygens (including phenoxy) is 1. The fourth-order valence-electron chi connectivity index (χ4n) is 1.65. The second-order valence-electron chi connectivity index (χ2n) is 4.54. The van der Waals surface area contributed by atoms with E-state index >= 15 is 0 Å². The molecule has 0 fully saturated rings. The first kappa shape index (κ1) is 15.4. The van der Waals surface area contributed by atoms with Crippen LogP contribution in [0.2, 0.25) is 0 Å². The maximum absolute atomic E-state index is 12.1. The average molecular weight is 305 g/mol. The van der Waals surface area contributed by atoms with E-state index in [2.05, 4.69) is 22.4 Å². The summed E-state index contributed by atoms with van der Waals surface area (Å²) in [6.45, 7) is 4.82. The fourth-order valence-corrected chi connectivity index (χ4v) is 2.33. The van der Waals surface area contributed by atoms with Crippen LogP contribution in [0.3, 0.4) is 0 Å². The summed E-state index contributed by atoms with van der Waals surface area (Å²) < 4.78 is 5.57. The van der Waals surface area contributed by atoms with Crippen molar-refractivity contribution in [2.45, 2.75) is 33.1 Å². The number of nitrogens with zero attached hydrogens (tertiary/aromatic N) is 2. The van der Waals surface area contributed by atoms with Gasteiger partial charge in [-0.2, -0.15) is 0 Å². The summed E-state index contributed by atoms with van der Waals surface area (Å²) in [7, 11) is 0. The summed E-state index contributed by atoms with van der Waals surface area (Å²) in [5.41, 5.74) is 0.575. The van der Waals surface area contributed by atoms with Crippen LogP contribution in [0.1, 0.15) is 42.1 Å². The molecular formula is C15H19N3O2S. The molecule has 0 atom stereocenters. The normalized spacial score (nSPS) is 10.4. The Labute approximate surface area is 128 Å². The number of hydrogen-bond donors (Lipinski definition) is 1. The number of unbranched alkanes of at least 4 members (excludes halogenated alkanes) is 1. The molecule has 0 saturated heterocycles. The Morgan fingerprint density at radius 2 is 2.00 bits per heavy atom. The van der Waals surface area contributed by atoms with E-state index in [1.807, 2.05) is 19.1 Å². The number of nitrogens with one attached hydrogen (secondary N) is 1. The van der Waals surface area contributed by atoms with Crippen molar-refractivity contribution < 1.29 is 9.53 Å². The van der Waals surface area contributed by atoms with Crippen LogP contribution in [0.4, 0.5) is 5.13 Å². The predicted octanol–water partition coefficient (Wildman–Crippen LogP) is 3.53. The molecule has 0 aliphatic carbocycles. The highest BCUT2D eigenvalue weighted by Crippen LogP contribution is 2.18. The highest BCUT2D eigenvalue weighted by Gasteiger charge is 2.09. The van der Waals surface area contributed by atoms with E-state index in [-0.39, 0.29) is 5.91 Å². The van der Waals surface area contributed by atoms with Crippen LogP contribution >= 0.6 is 11.3 Å². The molecule has 0 saturated carbocycles. The zero-order valence-corrected chi connectivity index (χ0v) is 13.1. The zero-order valence-electron chi connectivity index (χ0n) is 12.3. The van der Waals surface area contributed by atoms with E-state index in [0.717, 1.165) is 30.0 Å². The smallest absolute Gasteiger partial charge is 0.257 e. The van der Waals surface area contributed by atoms with E-state index in [1.165, 1.54) is 11.3 Å². The lowest BCUT2D eigenvalue weighted by Gasteiger charge is -2.06. The van der Waals surface area contributed by atoms with Gasteiger partial charge in [-0.05, 0) is 37.1 Å². The monoisotopic (exact) mass is 305 g/mol. The van der Waals surface area contributed by atoms with Crippen LogP contribution in [0.5, 0.6) is 5.75 Å². The Hall–Kier alpha value is -1.95. The SMILES string of the molecule is CCCCOc1ccc(C(=O)Nc2nnc(CC)s2)cc1. The maximum Gasteiger partial charge on any atom is 0.257 e. The first-order chi connectivity index (χ1) is 10.2. The van der Waals surface area contributed by atoms with Crippen molar-refractivity contribution >= 4 is 22.4 Å². The van der Waals surface area contributed by atoms with Gasteiger partial charge in [0.1, 0.15) is 10.8 Å². The topological polar surface area (TPSA) is 64.1 Å². The number of benzene rings is 1. The van der Waals surface area contributed by atoms with Gasteiger partial charge in [0.2, 0.25) is 5.13 Å². The Morgan fingerprint density at radius 3 is 2.62 bits per heavy atom. The maximum atomic E-state index is 12.1. The largest absolute Gasteiger partial charge is 0.494 e. The van der Waals surface area contributed by atoms with Gasteiger partial charge in [0.25, 0.3) is 5.91 Å². The van der Waals surface area contributed by atoms with E-state index in [1.54, 1.807) is 12.1 Å². The molecule has 0 aliphatic heterocycles. The van der Waals surface area contributed by atoms with Crippen LogP contribution in [-0.2, 0) is 6.42 Å². The predicted molar refractivity (Wildman–Crippen MR) is 84.1 cm³/mol. The number of carbonyl (C=O) groups excluding carboxylic acids is 1. The van der Waals surface area contributed by atoms with E-state index in [9.17, 15) is 4.79 Å². The van der Waals surface area contributed by atoms with Crippen molar-refractivity contribution in [3.8, 4) is 5.75 Å². The van der Waals surface area contributed by atoms with Gasteiger partial charge in [-0.3, -0.25) is 10.1 Å². The van der Waals surface area contributed by atoms with Crippen LogP contribution < -0.4 is 10.1 Å². The standard InChI is InChI=1S/C15H19N3O2S/c1-3-5-10-20-12-8-6-11(7-9-12)14(19)16-15-18-17-13(4-2)21-15/h6-9H,3-5,10H2,1-2H3,(H,16,18,19). The molecule has 1 heterocycles. The highest BCUT2D eigenvalue weighted by atomic mass is 32.1. The fraction of sp³-hybridized carbons (Fsp3) is 0.400. The molecule has 0 unspecified atom stereocenters. The van der Waals surface area contributed by atoms with Gasteiger partial charge in [-0.25, -0.2) is 0 Å². The molecule has 6 heteroatoms. The molecule has 21 heavy (non-hydrogen) atoms. The van der Waals surface area contributed by atoms with Gasteiger partial charge < -0.3 is 4.74 Å². The van der Waals surface area contributed by atoms with E-state index < -0.39 is 0 Å². The van der Waals surface area contributed by atoms with Gasteiger partial charge in [-0.1, -0.05) is 31.6 Å². The minimum Gasteiger partial charge on any atom is -0.494 e. The highest BCUT2D eigenvalue weighted by molar-refractivity contribution is 7.15. The van der Waals surface area contributed by atoms with Crippen molar-refractivity contribution in [2.75, 3.05) is 11.9 Å². The van der Waals surface area contributed by atoms with Crippen molar-refractivity contribution in [2.24, 2.45) is 0 Å². The summed E-state index contributed by atoms with van der Waals surface area (Å²) >= 11 is 1.39. The molecule has 0 radical (unpaired) electrons. The number of amides is 1. The Bertz CT molecular complexity index is 581. The summed E-state index contributed by atoms with van der Waals surface area (Å²) in [6, 6.07) is 7.11. The summed E-state index contributed by atoms with van der Waals surface area (Å²) in [5.74, 6) is 0.595. The van der Waals surface area contributed by atoms with Crippen LogP contribution in [-0.4, -0.2) is 22.7 Å². The van der Waals surface area contributed by atoms with Crippen molar-refractivity contribution in [3.63, 3.8) is 0 Å². The third kappa shape index (κ3) is 4.53. The average Bonchev–Trinajstić information content (AvgIpc) is 2.96. The lowest BCUT2D eigenvalue weighted by Crippen LogP contribution is -2.11. The number of hydrogen-bond acceptors (Lipinski definition) is 5.